The van der Waals surface area contributed by atoms with E-state index in [1.54, 1.807) is 0 Å². The number of nitrogens with one attached hydrogen (secondary N) is 2. The number of hydrogen-bond acceptors (Lipinski definition) is 1. The molecule has 78 valence electrons. The highest BCUT2D eigenvalue weighted by molar-refractivity contribution is 6.31. The molecule has 0 aliphatic carbocycles. The lowest BCUT2D eigenvalue weighted by Crippen LogP contribution is -2.43. The van der Waals surface area contributed by atoms with Gasteiger partial charge in [0.2, 0.25) is 0 Å². The first kappa shape index (κ1) is 9.25. The van der Waals surface area contributed by atoms with Crippen molar-refractivity contribution in [2.75, 3.05) is 13.1 Å². The average Bonchev–Trinajstić information content (AvgIpc) is 2.53. The van der Waals surface area contributed by atoms with Gasteiger partial charge in [0.05, 0.1) is 0 Å². The predicted molar refractivity (Wildman–Crippen MR) is 63.4 cm³/mol. The van der Waals surface area contributed by atoms with E-state index in [2.05, 4.69) is 16.4 Å². The molecular formula is C12H13ClN2. The van der Waals surface area contributed by atoms with Gasteiger partial charge in [-0.1, -0.05) is 11.6 Å². The van der Waals surface area contributed by atoms with Crippen molar-refractivity contribution < 1.29 is 0 Å². The number of benzene rings is 1. The summed E-state index contributed by atoms with van der Waals surface area (Å²) >= 11 is 5.95. The zero-order chi connectivity index (χ0) is 10.3. The molecular weight excluding hydrogens is 208 g/mol. The Hall–Kier alpha value is -0.990. The molecule has 1 aliphatic heterocycles. The van der Waals surface area contributed by atoms with E-state index in [1.165, 1.54) is 16.6 Å². The molecule has 2 nitrogen and oxygen atoms in total. The molecule has 2 heterocycles. The molecule has 1 aliphatic rings. The smallest absolute Gasteiger partial charge is 0.0457 e. The van der Waals surface area contributed by atoms with E-state index in [-0.39, 0.29) is 0 Å². The molecule has 1 saturated heterocycles. The summed E-state index contributed by atoms with van der Waals surface area (Å²) in [7, 11) is 0. The second-order valence-electron chi connectivity index (χ2n) is 4.25. The molecule has 2 N–H and O–H groups in total. The van der Waals surface area contributed by atoms with Crippen molar-refractivity contribution in [2.45, 2.75) is 6.42 Å². The van der Waals surface area contributed by atoms with E-state index in [0.717, 1.165) is 30.5 Å². The molecule has 1 fully saturated rings. The van der Waals surface area contributed by atoms with Gasteiger partial charge in [0.25, 0.3) is 0 Å². The fraction of sp³-hybridized carbons (Fsp3) is 0.333. The van der Waals surface area contributed by atoms with Crippen LogP contribution in [0.3, 0.4) is 0 Å². The zero-order valence-corrected chi connectivity index (χ0v) is 9.14. The highest BCUT2D eigenvalue weighted by Gasteiger charge is 2.17. The maximum Gasteiger partial charge on any atom is 0.0457 e. The topological polar surface area (TPSA) is 27.8 Å². The van der Waals surface area contributed by atoms with Crippen molar-refractivity contribution in [1.82, 2.24) is 10.3 Å². The molecule has 3 rings (SSSR count). The largest absolute Gasteiger partial charge is 0.358 e. The van der Waals surface area contributed by atoms with E-state index in [9.17, 15) is 0 Å². The third-order valence-electron chi connectivity index (χ3n) is 3.01. The van der Waals surface area contributed by atoms with E-state index in [0.29, 0.717) is 0 Å². The summed E-state index contributed by atoms with van der Waals surface area (Å²) in [5.74, 6) is 0.800. The van der Waals surface area contributed by atoms with Crippen LogP contribution in [0, 0.1) is 5.92 Å². The van der Waals surface area contributed by atoms with Gasteiger partial charge in [-0.25, -0.2) is 0 Å². The summed E-state index contributed by atoms with van der Waals surface area (Å²) in [4.78, 5) is 3.44. The minimum atomic E-state index is 0.800. The van der Waals surface area contributed by atoms with E-state index in [1.807, 2.05) is 18.2 Å². The number of hydrogen-bond donors (Lipinski definition) is 2. The number of aromatic amines is 1. The average molecular weight is 221 g/mol. The van der Waals surface area contributed by atoms with Gasteiger partial charge < -0.3 is 10.3 Å². The van der Waals surface area contributed by atoms with Crippen molar-refractivity contribution in [3.63, 3.8) is 0 Å². The zero-order valence-electron chi connectivity index (χ0n) is 8.39. The second kappa shape index (κ2) is 3.54. The Morgan fingerprint density at radius 2 is 2.13 bits per heavy atom. The fourth-order valence-corrected chi connectivity index (χ4v) is 2.26. The summed E-state index contributed by atoms with van der Waals surface area (Å²) < 4.78 is 0. The van der Waals surface area contributed by atoms with Gasteiger partial charge in [0.1, 0.15) is 0 Å². The van der Waals surface area contributed by atoms with E-state index in [4.69, 9.17) is 11.6 Å². The molecule has 3 heteroatoms. The predicted octanol–water partition coefficient (Wildman–Crippen LogP) is 2.58. The van der Waals surface area contributed by atoms with Crippen LogP contribution in [0.1, 0.15) is 5.69 Å². The number of rotatable bonds is 2. The van der Waals surface area contributed by atoms with Crippen LogP contribution in [0.15, 0.2) is 24.3 Å². The summed E-state index contributed by atoms with van der Waals surface area (Å²) in [5.41, 5.74) is 2.50. The Kier molecular flexibility index (Phi) is 2.19. The lowest BCUT2D eigenvalue weighted by Gasteiger charge is -2.26. The first-order chi connectivity index (χ1) is 7.31. The molecule has 0 atom stereocenters. The Morgan fingerprint density at radius 1 is 1.27 bits per heavy atom. The van der Waals surface area contributed by atoms with Gasteiger partial charge in [0, 0.05) is 21.6 Å². The first-order valence-corrected chi connectivity index (χ1v) is 5.67. The molecule has 0 unspecified atom stereocenters. The Morgan fingerprint density at radius 3 is 2.87 bits per heavy atom. The van der Waals surface area contributed by atoms with Crippen LogP contribution < -0.4 is 5.32 Å². The Balaban J connectivity index is 1.91. The quantitative estimate of drug-likeness (QED) is 0.800. The summed E-state index contributed by atoms with van der Waals surface area (Å²) in [6.07, 6.45) is 1.14. The molecule has 2 aromatic rings. The van der Waals surface area contributed by atoms with Crippen molar-refractivity contribution in [2.24, 2.45) is 5.92 Å². The van der Waals surface area contributed by atoms with Crippen LogP contribution in [-0.4, -0.2) is 18.1 Å². The normalized spacial score (nSPS) is 16.9. The highest BCUT2D eigenvalue weighted by atomic mass is 35.5. The summed E-state index contributed by atoms with van der Waals surface area (Å²) in [6.45, 7) is 2.30. The third kappa shape index (κ3) is 1.75. The SMILES string of the molecule is Clc1ccc2[nH]c(CC3CNC3)cc2c1. The standard InChI is InChI=1S/C12H13ClN2/c13-10-1-2-12-9(4-10)5-11(15-12)3-8-6-14-7-8/h1-2,4-5,8,14-15H,3,6-7H2. The van der Waals surface area contributed by atoms with Gasteiger partial charge in [0.15, 0.2) is 0 Å². The van der Waals surface area contributed by atoms with Crippen LogP contribution in [0.2, 0.25) is 5.02 Å². The lowest BCUT2D eigenvalue weighted by atomic mass is 9.98. The Labute approximate surface area is 93.6 Å². The fourth-order valence-electron chi connectivity index (χ4n) is 2.08. The van der Waals surface area contributed by atoms with Gasteiger partial charge in [-0.05, 0) is 49.7 Å². The Bertz CT molecular complexity index is 485. The maximum atomic E-state index is 5.95. The van der Waals surface area contributed by atoms with Gasteiger partial charge in [-0.15, -0.1) is 0 Å². The maximum absolute atomic E-state index is 5.95. The highest BCUT2D eigenvalue weighted by Crippen LogP contribution is 2.22. The molecule has 0 radical (unpaired) electrons. The summed E-state index contributed by atoms with van der Waals surface area (Å²) in [5, 5.41) is 5.31. The van der Waals surface area contributed by atoms with Gasteiger partial charge >= 0.3 is 0 Å². The second-order valence-corrected chi connectivity index (χ2v) is 4.69. The van der Waals surface area contributed by atoms with Crippen LogP contribution in [0.5, 0.6) is 0 Å². The van der Waals surface area contributed by atoms with Crippen molar-refractivity contribution >= 4 is 22.5 Å². The molecule has 1 aromatic carbocycles. The number of aromatic nitrogens is 1. The minimum Gasteiger partial charge on any atom is -0.358 e. The van der Waals surface area contributed by atoms with Crippen molar-refractivity contribution in [1.29, 1.82) is 0 Å². The van der Waals surface area contributed by atoms with Gasteiger partial charge in [-0.2, -0.15) is 0 Å². The minimum absolute atomic E-state index is 0.800. The van der Waals surface area contributed by atoms with E-state index >= 15 is 0 Å². The molecule has 0 amide bonds. The number of fused-ring (bicyclic) bond motifs is 1. The van der Waals surface area contributed by atoms with Crippen LogP contribution in [-0.2, 0) is 6.42 Å². The van der Waals surface area contributed by atoms with Crippen LogP contribution in [0.25, 0.3) is 10.9 Å². The molecule has 0 saturated carbocycles. The molecule has 1 aromatic heterocycles. The first-order valence-electron chi connectivity index (χ1n) is 5.29. The molecule has 0 bridgehead atoms. The number of halogens is 1. The molecule has 0 spiro atoms. The van der Waals surface area contributed by atoms with Gasteiger partial charge in [-0.3, -0.25) is 0 Å². The number of H-pyrrole nitrogens is 1. The van der Waals surface area contributed by atoms with Crippen LogP contribution >= 0.6 is 11.6 Å². The van der Waals surface area contributed by atoms with Crippen LogP contribution in [0.4, 0.5) is 0 Å². The van der Waals surface area contributed by atoms with E-state index < -0.39 is 0 Å². The third-order valence-corrected chi connectivity index (χ3v) is 3.25. The molecule has 15 heavy (non-hydrogen) atoms. The lowest BCUT2D eigenvalue weighted by molar-refractivity contribution is 0.344. The van der Waals surface area contributed by atoms with Crippen molar-refractivity contribution in [3.8, 4) is 0 Å². The monoisotopic (exact) mass is 220 g/mol. The van der Waals surface area contributed by atoms with Crippen molar-refractivity contribution in [3.05, 3.63) is 35.0 Å². The summed E-state index contributed by atoms with van der Waals surface area (Å²) in [6, 6.07) is 8.19.